The Hall–Kier alpha value is -1.21. The minimum Gasteiger partial charge on any atom is -0.361 e. The molecule has 2 aliphatic rings. The lowest BCUT2D eigenvalue weighted by Gasteiger charge is -2.29. The van der Waals surface area contributed by atoms with Gasteiger partial charge in [-0.2, -0.15) is 0 Å². The highest BCUT2D eigenvalue weighted by Crippen LogP contribution is 2.37. The molecule has 134 valence electrons. The highest BCUT2D eigenvalue weighted by Gasteiger charge is 2.36. The maximum absolute atomic E-state index is 5.42. The van der Waals surface area contributed by atoms with Gasteiger partial charge in [-0.3, -0.25) is 10.3 Å². The monoisotopic (exact) mass is 404 g/mol. The average Bonchev–Trinajstić information content (AvgIpc) is 3.30. The quantitative estimate of drug-likeness (QED) is 0.813. The number of nitrogens with zero attached hydrogens (tertiary/aromatic N) is 2. The van der Waals surface area contributed by atoms with Crippen LogP contribution in [-0.2, 0) is 0 Å². The Labute approximate surface area is 157 Å². The van der Waals surface area contributed by atoms with Gasteiger partial charge in [-0.05, 0) is 50.9 Å². The molecule has 3 unspecified atom stereocenters. The van der Waals surface area contributed by atoms with Crippen molar-refractivity contribution >= 4 is 15.9 Å². The molecule has 0 aliphatic carbocycles. The summed E-state index contributed by atoms with van der Waals surface area (Å²) in [4.78, 5) is 2.62. The summed E-state index contributed by atoms with van der Waals surface area (Å²) in [5.41, 5.74) is 10.5. The molecule has 1 aromatic carbocycles. The number of hydrogen-bond donors (Lipinski definition) is 2. The predicted octanol–water partition coefficient (Wildman–Crippen LogP) is 3.66. The summed E-state index contributed by atoms with van der Waals surface area (Å²) in [6.07, 6.45) is 2.43. The maximum atomic E-state index is 5.42. The van der Waals surface area contributed by atoms with E-state index in [4.69, 9.17) is 4.52 Å². The predicted molar refractivity (Wildman–Crippen MR) is 101 cm³/mol. The van der Waals surface area contributed by atoms with E-state index in [2.05, 4.69) is 68.0 Å². The van der Waals surface area contributed by atoms with Gasteiger partial charge >= 0.3 is 0 Å². The Morgan fingerprint density at radius 1 is 1.36 bits per heavy atom. The number of likely N-dealkylation sites (tertiary alicyclic amines) is 1. The number of benzene rings is 1. The van der Waals surface area contributed by atoms with Crippen molar-refractivity contribution < 1.29 is 4.52 Å². The Morgan fingerprint density at radius 3 is 3.00 bits per heavy atom. The molecule has 0 saturated carbocycles. The number of aryl methyl sites for hydroxylation is 2. The molecule has 2 aromatic rings. The third-order valence-corrected chi connectivity index (χ3v) is 6.05. The number of rotatable bonds is 4. The van der Waals surface area contributed by atoms with Crippen molar-refractivity contribution in [1.29, 1.82) is 0 Å². The second kappa shape index (κ2) is 7.19. The molecule has 0 spiro atoms. The van der Waals surface area contributed by atoms with Crippen LogP contribution in [0.25, 0.3) is 0 Å². The third kappa shape index (κ3) is 3.40. The topological polar surface area (TPSA) is 53.3 Å². The molecule has 5 nitrogen and oxygen atoms in total. The molecule has 3 heterocycles. The molecule has 25 heavy (non-hydrogen) atoms. The first-order chi connectivity index (χ1) is 12.1. The number of hydrazine groups is 1. The third-order valence-electron chi connectivity index (χ3n) is 5.56. The van der Waals surface area contributed by atoms with Crippen molar-refractivity contribution in [2.24, 2.45) is 5.92 Å². The van der Waals surface area contributed by atoms with Gasteiger partial charge in [0.15, 0.2) is 0 Å². The zero-order valence-electron chi connectivity index (χ0n) is 14.8. The summed E-state index contributed by atoms with van der Waals surface area (Å²) >= 11 is 3.59. The molecular formula is C19H25BrN4O. The maximum Gasteiger partial charge on any atom is 0.138 e. The van der Waals surface area contributed by atoms with E-state index in [0.29, 0.717) is 18.0 Å². The Morgan fingerprint density at radius 2 is 2.24 bits per heavy atom. The van der Waals surface area contributed by atoms with Crippen LogP contribution in [0.4, 0.5) is 0 Å². The molecule has 0 amide bonds. The number of hydrogen-bond acceptors (Lipinski definition) is 5. The van der Waals surface area contributed by atoms with Gasteiger partial charge in [-0.15, -0.1) is 0 Å². The standard InChI is InChI=1S/C19H25BrN4O/c1-12-18(13(2)25-23-12)17-7-4-8-24(17)11-15-10-21-22-19(15)14-5-3-6-16(20)9-14/h3,5-6,9,15,17,19,21-22H,4,7-8,10-11H2,1-2H3. The molecule has 1 aromatic heterocycles. The van der Waals surface area contributed by atoms with Crippen LogP contribution in [0.3, 0.4) is 0 Å². The molecule has 6 heteroatoms. The smallest absolute Gasteiger partial charge is 0.138 e. The molecule has 0 radical (unpaired) electrons. The van der Waals surface area contributed by atoms with E-state index >= 15 is 0 Å². The van der Waals surface area contributed by atoms with Crippen LogP contribution in [0.1, 0.15) is 47.5 Å². The zero-order chi connectivity index (χ0) is 17.4. The van der Waals surface area contributed by atoms with E-state index in [1.54, 1.807) is 0 Å². The molecule has 3 atom stereocenters. The SMILES string of the molecule is Cc1noc(C)c1C1CCCN1CC1CNNC1c1cccc(Br)c1. The van der Waals surface area contributed by atoms with Crippen LogP contribution in [0, 0.1) is 19.8 Å². The van der Waals surface area contributed by atoms with Gasteiger partial charge in [-0.1, -0.05) is 33.2 Å². The van der Waals surface area contributed by atoms with Gasteiger partial charge in [0, 0.05) is 35.1 Å². The second-order valence-corrected chi connectivity index (χ2v) is 8.12. The minimum atomic E-state index is 0.336. The Balaban J connectivity index is 1.52. The summed E-state index contributed by atoms with van der Waals surface area (Å²) in [5.74, 6) is 1.51. The van der Waals surface area contributed by atoms with Gasteiger partial charge in [0.25, 0.3) is 0 Å². The average molecular weight is 405 g/mol. The van der Waals surface area contributed by atoms with Gasteiger partial charge in [0.1, 0.15) is 5.76 Å². The number of aromatic nitrogens is 1. The number of halogens is 1. The number of nitrogens with one attached hydrogen (secondary N) is 2. The molecule has 2 fully saturated rings. The van der Waals surface area contributed by atoms with Crippen molar-refractivity contribution in [2.75, 3.05) is 19.6 Å². The van der Waals surface area contributed by atoms with Gasteiger partial charge in [0.2, 0.25) is 0 Å². The minimum absolute atomic E-state index is 0.336. The van der Waals surface area contributed by atoms with E-state index < -0.39 is 0 Å². The van der Waals surface area contributed by atoms with Crippen LogP contribution in [0.2, 0.25) is 0 Å². The van der Waals surface area contributed by atoms with Crippen molar-refractivity contribution in [1.82, 2.24) is 20.9 Å². The van der Waals surface area contributed by atoms with Crippen LogP contribution in [0.15, 0.2) is 33.3 Å². The second-order valence-electron chi connectivity index (χ2n) is 7.21. The van der Waals surface area contributed by atoms with Crippen molar-refractivity contribution in [2.45, 2.75) is 38.8 Å². The van der Waals surface area contributed by atoms with Gasteiger partial charge < -0.3 is 4.52 Å². The highest BCUT2D eigenvalue weighted by molar-refractivity contribution is 9.10. The van der Waals surface area contributed by atoms with Crippen molar-refractivity contribution in [3.63, 3.8) is 0 Å². The fourth-order valence-corrected chi connectivity index (χ4v) is 4.82. The molecule has 4 rings (SSSR count). The molecule has 2 N–H and O–H groups in total. The molecule has 2 saturated heterocycles. The summed E-state index contributed by atoms with van der Waals surface area (Å²) in [7, 11) is 0. The van der Waals surface area contributed by atoms with Crippen LogP contribution >= 0.6 is 15.9 Å². The van der Waals surface area contributed by atoms with E-state index in [0.717, 1.165) is 35.6 Å². The van der Waals surface area contributed by atoms with Gasteiger partial charge in [-0.25, -0.2) is 5.43 Å². The lowest BCUT2D eigenvalue weighted by molar-refractivity contribution is 0.209. The summed E-state index contributed by atoms with van der Waals surface area (Å²) in [6, 6.07) is 9.39. The molecule has 2 aliphatic heterocycles. The zero-order valence-corrected chi connectivity index (χ0v) is 16.3. The first-order valence-corrected chi connectivity index (χ1v) is 9.83. The summed E-state index contributed by atoms with van der Waals surface area (Å²) in [6.45, 7) is 7.31. The largest absolute Gasteiger partial charge is 0.361 e. The first-order valence-electron chi connectivity index (χ1n) is 9.04. The molecule has 0 bridgehead atoms. The van der Waals surface area contributed by atoms with Crippen molar-refractivity contribution in [3.8, 4) is 0 Å². The Kier molecular flexibility index (Phi) is 4.95. The fourth-order valence-electron chi connectivity index (χ4n) is 4.40. The van der Waals surface area contributed by atoms with Crippen molar-refractivity contribution in [3.05, 3.63) is 51.3 Å². The van der Waals surface area contributed by atoms with Crippen LogP contribution in [-0.4, -0.2) is 29.7 Å². The van der Waals surface area contributed by atoms with E-state index in [-0.39, 0.29) is 0 Å². The lowest BCUT2D eigenvalue weighted by Crippen LogP contribution is -2.33. The van der Waals surface area contributed by atoms with Crippen LogP contribution in [0.5, 0.6) is 0 Å². The fraction of sp³-hybridized carbons (Fsp3) is 0.526. The van der Waals surface area contributed by atoms with Crippen LogP contribution < -0.4 is 10.9 Å². The van der Waals surface area contributed by atoms with E-state index in [1.807, 2.05) is 6.92 Å². The highest BCUT2D eigenvalue weighted by atomic mass is 79.9. The normalized spacial score (nSPS) is 27.2. The lowest BCUT2D eigenvalue weighted by atomic mass is 9.93. The summed E-state index contributed by atoms with van der Waals surface area (Å²) < 4.78 is 6.55. The first kappa shape index (κ1) is 17.2. The van der Waals surface area contributed by atoms with E-state index in [1.165, 1.54) is 24.0 Å². The molecular weight excluding hydrogens is 380 g/mol. The Bertz CT molecular complexity index is 727. The summed E-state index contributed by atoms with van der Waals surface area (Å²) in [5, 5.41) is 4.17. The van der Waals surface area contributed by atoms with Gasteiger partial charge in [0.05, 0.1) is 11.7 Å². The van der Waals surface area contributed by atoms with E-state index in [9.17, 15) is 0 Å².